The third-order valence-electron chi connectivity index (χ3n) is 0.664. The third-order valence-corrected chi connectivity index (χ3v) is 1.99. The third kappa shape index (κ3) is 17.9. The molecule has 0 aliphatic rings. The Hall–Kier alpha value is 0.167. The van der Waals surface area contributed by atoms with Crippen LogP contribution in [-0.4, -0.2) is 23.5 Å². The molecule has 0 aliphatic carbocycles. The molecule has 0 amide bonds. The first kappa shape index (κ1) is 11.9. The van der Waals surface area contributed by atoms with Crippen molar-refractivity contribution in [2.75, 3.05) is 14.2 Å². The molecule has 0 atom stereocenters. The lowest BCUT2D eigenvalue weighted by Crippen LogP contribution is -2.12. The first-order valence-electron chi connectivity index (χ1n) is 2.49. The van der Waals surface area contributed by atoms with Crippen LogP contribution in [-0.2, 0) is 8.85 Å². The van der Waals surface area contributed by atoms with Crippen molar-refractivity contribution in [3.05, 3.63) is 12.1 Å². The van der Waals surface area contributed by atoms with Gasteiger partial charge in [0.1, 0.15) is 0 Å². The maximum Gasteiger partial charge on any atom is 0.317 e. The molecule has 0 heterocycles. The standard InChI is InChI=1S/C3H10O2Si.C2H3Cl/c1-4-6(3)5-2;1-2-3/h6H,1-3H3;2H,1H2. The van der Waals surface area contributed by atoms with Crippen molar-refractivity contribution < 1.29 is 8.85 Å². The van der Waals surface area contributed by atoms with Crippen molar-refractivity contribution in [1.29, 1.82) is 0 Å². The van der Waals surface area contributed by atoms with Gasteiger partial charge in [-0.1, -0.05) is 18.2 Å². The van der Waals surface area contributed by atoms with Gasteiger partial charge in [0.15, 0.2) is 0 Å². The molecule has 0 unspecified atom stereocenters. The van der Waals surface area contributed by atoms with E-state index >= 15 is 0 Å². The Bertz CT molecular complexity index is 56.9. The van der Waals surface area contributed by atoms with Crippen molar-refractivity contribution in [3.63, 3.8) is 0 Å². The Labute approximate surface area is 63.3 Å². The fourth-order valence-corrected chi connectivity index (χ4v) is 0.289. The average Bonchev–Trinajstić information content (AvgIpc) is 1.88. The minimum atomic E-state index is -1.16. The van der Waals surface area contributed by atoms with Gasteiger partial charge in [0.05, 0.1) is 0 Å². The summed E-state index contributed by atoms with van der Waals surface area (Å²) >= 11 is 4.76. The minimum Gasteiger partial charge on any atom is -0.400 e. The van der Waals surface area contributed by atoms with Gasteiger partial charge in [-0.25, -0.2) is 0 Å². The Kier molecular flexibility index (Phi) is 14.6. The predicted octanol–water partition coefficient (Wildman–Crippen LogP) is 1.50. The Balaban J connectivity index is 0. The van der Waals surface area contributed by atoms with Crippen LogP contribution < -0.4 is 0 Å². The van der Waals surface area contributed by atoms with Gasteiger partial charge in [-0.3, -0.25) is 0 Å². The van der Waals surface area contributed by atoms with Crippen LogP contribution in [0, 0.1) is 0 Å². The van der Waals surface area contributed by atoms with E-state index in [0.29, 0.717) is 0 Å². The highest BCUT2D eigenvalue weighted by molar-refractivity contribution is 6.42. The van der Waals surface area contributed by atoms with Crippen LogP contribution in [0.1, 0.15) is 0 Å². The summed E-state index contributed by atoms with van der Waals surface area (Å²) in [5, 5.41) is 0. The van der Waals surface area contributed by atoms with E-state index in [9.17, 15) is 0 Å². The number of halogens is 1. The normalized spacial score (nSPS) is 8.11. The molecule has 0 bridgehead atoms. The van der Waals surface area contributed by atoms with E-state index < -0.39 is 9.28 Å². The smallest absolute Gasteiger partial charge is 0.317 e. The Morgan fingerprint density at radius 1 is 1.44 bits per heavy atom. The second kappa shape index (κ2) is 11.0. The summed E-state index contributed by atoms with van der Waals surface area (Å²) in [6, 6.07) is 0. The lowest BCUT2D eigenvalue weighted by atomic mass is 11.3. The maximum atomic E-state index is 4.82. The quantitative estimate of drug-likeness (QED) is 0.582. The van der Waals surface area contributed by atoms with Crippen LogP contribution in [0.15, 0.2) is 12.1 Å². The maximum absolute atomic E-state index is 4.82. The number of rotatable bonds is 2. The Morgan fingerprint density at radius 2 is 1.67 bits per heavy atom. The second-order valence-corrected chi connectivity index (χ2v) is 3.58. The molecule has 0 aromatic rings. The predicted molar refractivity (Wildman–Crippen MR) is 43.1 cm³/mol. The molecule has 0 aliphatic heterocycles. The molecule has 0 aromatic carbocycles. The van der Waals surface area contributed by atoms with E-state index in [0.717, 1.165) is 0 Å². The lowest BCUT2D eigenvalue weighted by Gasteiger charge is -2.00. The molecule has 0 aromatic heterocycles. The summed E-state index contributed by atoms with van der Waals surface area (Å²) in [7, 11) is 2.17. The lowest BCUT2D eigenvalue weighted by molar-refractivity contribution is 0.285. The molecular formula is C5H13ClO2Si. The summed E-state index contributed by atoms with van der Waals surface area (Å²) in [6.45, 7) is 5.10. The fraction of sp³-hybridized carbons (Fsp3) is 0.600. The largest absolute Gasteiger partial charge is 0.400 e. The van der Waals surface area contributed by atoms with E-state index in [1.807, 2.05) is 6.55 Å². The van der Waals surface area contributed by atoms with Crippen molar-refractivity contribution in [3.8, 4) is 0 Å². The molecule has 0 radical (unpaired) electrons. The van der Waals surface area contributed by atoms with Gasteiger partial charge in [0.2, 0.25) is 0 Å². The number of hydrogen-bond donors (Lipinski definition) is 0. The first-order chi connectivity index (χ1) is 4.22. The van der Waals surface area contributed by atoms with Gasteiger partial charge in [-0.15, -0.1) is 0 Å². The monoisotopic (exact) mass is 168 g/mol. The molecule has 2 nitrogen and oxygen atoms in total. The molecule has 0 spiro atoms. The van der Waals surface area contributed by atoms with Gasteiger partial charge in [-0.05, 0) is 12.1 Å². The van der Waals surface area contributed by atoms with Gasteiger partial charge in [-0.2, -0.15) is 0 Å². The SMILES string of the molecule is C=CCl.CO[SiH](C)OC. The van der Waals surface area contributed by atoms with Gasteiger partial charge >= 0.3 is 9.28 Å². The fourth-order valence-electron chi connectivity index (χ4n) is 0.0962. The van der Waals surface area contributed by atoms with Crippen LogP contribution in [0.25, 0.3) is 0 Å². The summed E-state index contributed by atoms with van der Waals surface area (Å²) < 4.78 is 9.63. The molecule has 56 valence electrons. The minimum absolute atomic E-state index is 1.16. The van der Waals surface area contributed by atoms with E-state index in [4.69, 9.17) is 20.5 Å². The molecule has 0 rings (SSSR count). The zero-order valence-corrected chi connectivity index (χ0v) is 7.97. The first-order valence-corrected chi connectivity index (χ1v) is 5.03. The van der Waals surface area contributed by atoms with Gasteiger partial charge in [0.25, 0.3) is 0 Å². The van der Waals surface area contributed by atoms with Crippen molar-refractivity contribution in [2.45, 2.75) is 6.55 Å². The van der Waals surface area contributed by atoms with Crippen LogP contribution in [0.3, 0.4) is 0 Å². The highest BCUT2D eigenvalue weighted by Gasteiger charge is 1.94. The highest BCUT2D eigenvalue weighted by Crippen LogP contribution is 1.77. The van der Waals surface area contributed by atoms with Crippen LogP contribution in [0.2, 0.25) is 6.55 Å². The van der Waals surface area contributed by atoms with Crippen molar-refractivity contribution in [1.82, 2.24) is 0 Å². The number of hydrogen-bond acceptors (Lipinski definition) is 2. The summed E-state index contributed by atoms with van der Waals surface area (Å²) in [4.78, 5) is 0. The van der Waals surface area contributed by atoms with Gasteiger partial charge in [0, 0.05) is 14.2 Å². The average molecular weight is 169 g/mol. The highest BCUT2D eigenvalue weighted by atomic mass is 35.5. The Morgan fingerprint density at radius 3 is 1.67 bits per heavy atom. The van der Waals surface area contributed by atoms with Crippen LogP contribution >= 0.6 is 11.6 Å². The zero-order valence-electron chi connectivity index (χ0n) is 6.06. The van der Waals surface area contributed by atoms with E-state index in [1.54, 1.807) is 14.2 Å². The van der Waals surface area contributed by atoms with Crippen molar-refractivity contribution >= 4 is 20.9 Å². The van der Waals surface area contributed by atoms with E-state index in [2.05, 4.69) is 6.58 Å². The second-order valence-electron chi connectivity index (χ2n) is 1.19. The molecule has 0 N–H and O–H groups in total. The summed E-state index contributed by atoms with van der Waals surface area (Å²) in [5.41, 5.74) is 1.22. The molecular weight excluding hydrogens is 156 g/mol. The van der Waals surface area contributed by atoms with E-state index in [-0.39, 0.29) is 0 Å². The topological polar surface area (TPSA) is 18.5 Å². The molecule has 4 heteroatoms. The van der Waals surface area contributed by atoms with E-state index in [1.165, 1.54) is 5.54 Å². The zero-order chi connectivity index (χ0) is 7.70. The summed E-state index contributed by atoms with van der Waals surface area (Å²) in [6.07, 6.45) is 0. The van der Waals surface area contributed by atoms with Gasteiger partial charge < -0.3 is 8.85 Å². The van der Waals surface area contributed by atoms with Crippen LogP contribution in [0.5, 0.6) is 0 Å². The molecule has 0 saturated heterocycles. The van der Waals surface area contributed by atoms with Crippen molar-refractivity contribution in [2.24, 2.45) is 0 Å². The van der Waals surface area contributed by atoms with Crippen LogP contribution in [0.4, 0.5) is 0 Å². The molecule has 0 saturated carbocycles. The molecule has 0 fully saturated rings. The molecule has 9 heavy (non-hydrogen) atoms. The summed E-state index contributed by atoms with van der Waals surface area (Å²) in [5.74, 6) is 0.